The van der Waals surface area contributed by atoms with Crippen molar-refractivity contribution >= 4 is 15.9 Å². The molecule has 1 aliphatic heterocycles. The molecule has 0 aromatic heterocycles. The fourth-order valence-corrected chi connectivity index (χ4v) is 3.21. The zero-order chi connectivity index (χ0) is 14.4. The second-order valence-corrected chi connectivity index (χ2v) is 6.12. The summed E-state index contributed by atoms with van der Waals surface area (Å²) in [6, 6.07) is 8.83. The van der Waals surface area contributed by atoms with Gasteiger partial charge in [0.05, 0.1) is 12.7 Å². The van der Waals surface area contributed by atoms with Crippen molar-refractivity contribution in [2.24, 2.45) is 0 Å². The van der Waals surface area contributed by atoms with Gasteiger partial charge < -0.3 is 10.1 Å². The number of benzene rings is 1. The highest BCUT2D eigenvalue weighted by atomic mass is 79.9. The smallest absolute Gasteiger partial charge is 0.0858 e. The van der Waals surface area contributed by atoms with E-state index in [0.29, 0.717) is 6.04 Å². The van der Waals surface area contributed by atoms with Crippen LogP contribution in [0, 0.1) is 0 Å². The molecule has 0 aliphatic carbocycles. The molecule has 1 saturated heterocycles. The number of morpholine rings is 1. The van der Waals surface area contributed by atoms with Crippen LogP contribution >= 0.6 is 15.9 Å². The van der Waals surface area contributed by atoms with E-state index in [-0.39, 0.29) is 6.10 Å². The van der Waals surface area contributed by atoms with Crippen LogP contribution < -0.4 is 5.32 Å². The second-order valence-electron chi connectivity index (χ2n) is 5.26. The highest BCUT2D eigenvalue weighted by Crippen LogP contribution is 2.20. The molecule has 0 spiro atoms. The number of rotatable bonds is 6. The van der Waals surface area contributed by atoms with Gasteiger partial charge in [0, 0.05) is 23.6 Å². The molecule has 0 saturated carbocycles. The van der Waals surface area contributed by atoms with Crippen molar-refractivity contribution in [3.05, 3.63) is 34.3 Å². The lowest BCUT2D eigenvalue weighted by molar-refractivity contribution is -0.0445. The molecule has 1 fully saturated rings. The molecule has 2 unspecified atom stereocenters. The first-order chi connectivity index (χ1) is 9.74. The minimum Gasteiger partial charge on any atom is -0.374 e. The van der Waals surface area contributed by atoms with E-state index in [4.69, 9.17) is 4.74 Å². The van der Waals surface area contributed by atoms with Crippen molar-refractivity contribution in [2.45, 2.75) is 32.4 Å². The van der Waals surface area contributed by atoms with E-state index >= 15 is 0 Å². The summed E-state index contributed by atoms with van der Waals surface area (Å²) < 4.78 is 7.20. The molecule has 1 N–H and O–H groups in total. The first-order valence-corrected chi connectivity index (χ1v) is 8.34. The molecule has 2 rings (SSSR count). The Balaban J connectivity index is 2.04. The van der Waals surface area contributed by atoms with Gasteiger partial charge >= 0.3 is 0 Å². The molecule has 2 atom stereocenters. The number of ether oxygens (including phenoxy) is 1. The van der Waals surface area contributed by atoms with Gasteiger partial charge in [-0.05, 0) is 31.1 Å². The van der Waals surface area contributed by atoms with Gasteiger partial charge in [-0.1, -0.05) is 48.0 Å². The van der Waals surface area contributed by atoms with Gasteiger partial charge in [0.25, 0.3) is 0 Å². The fourth-order valence-electron chi connectivity index (χ4n) is 2.76. The van der Waals surface area contributed by atoms with Crippen molar-refractivity contribution in [3.8, 4) is 0 Å². The third-order valence-electron chi connectivity index (χ3n) is 3.94. The summed E-state index contributed by atoms with van der Waals surface area (Å²) in [5.41, 5.74) is 1.34. The van der Waals surface area contributed by atoms with Crippen LogP contribution in [-0.2, 0) is 11.2 Å². The van der Waals surface area contributed by atoms with E-state index in [9.17, 15) is 0 Å². The molecule has 0 radical (unpaired) electrons. The molecule has 4 heteroatoms. The predicted octanol–water partition coefficient (Wildman–Crippen LogP) is 2.69. The second kappa shape index (κ2) is 8.13. The van der Waals surface area contributed by atoms with Crippen LogP contribution in [0.25, 0.3) is 0 Å². The monoisotopic (exact) mass is 340 g/mol. The maximum absolute atomic E-state index is 6.02. The molecule has 0 bridgehead atoms. The van der Waals surface area contributed by atoms with Crippen molar-refractivity contribution in [2.75, 3.05) is 32.8 Å². The Hall–Kier alpha value is -0.420. The summed E-state index contributed by atoms with van der Waals surface area (Å²) in [6.45, 7) is 9.39. The molecule has 20 heavy (non-hydrogen) atoms. The van der Waals surface area contributed by atoms with Crippen molar-refractivity contribution < 1.29 is 4.74 Å². The average molecular weight is 341 g/mol. The highest BCUT2D eigenvalue weighted by Gasteiger charge is 2.27. The van der Waals surface area contributed by atoms with Crippen LogP contribution in [0.2, 0.25) is 0 Å². The maximum Gasteiger partial charge on any atom is 0.0858 e. The lowest BCUT2D eigenvalue weighted by atomic mass is 10.00. The molecular formula is C16H25BrN2O. The predicted molar refractivity (Wildman–Crippen MR) is 87.2 cm³/mol. The van der Waals surface area contributed by atoms with E-state index in [1.807, 2.05) is 0 Å². The maximum atomic E-state index is 6.02. The van der Waals surface area contributed by atoms with Crippen molar-refractivity contribution in [1.82, 2.24) is 10.2 Å². The van der Waals surface area contributed by atoms with Gasteiger partial charge in [0.1, 0.15) is 0 Å². The van der Waals surface area contributed by atoms with E-state index in [1.54, 1.807) is 0 Å². The molecule has 1 aromatic carbocycles. The summed E-state index contributed by atoms with van der Waals surface area (Å²) in [5, 5.41) is 3.60. The normalized spacial score (nSPS) is 21.9. The van der Waals surface area contributed by atoms with Crippen molar-refractivity contribution in [3.63, 3.8) is 0 Å². The Labute approximate surface area is 130 Å². The largest absolute Gasteiger partial charge is 0.374 e. The van der Waals surface area contributed by atoms with Gasteiger partial charge in [-0.3, -0.25) is 4.90 Å². The average Bonchev–Trinajstić information content (AvgIpc) is 2.49. The van der Waals surface area contributed by atoms with Crippen LogP contribution in [0.4, 0.5) is 0 Å². The zero-order valence-corrected chi connectivity index (χ0v) is 14.0. The lowest BCUT2D eigenvalue weighted by Crippen LogP contribution is -2.53. The quantitative estimate of drug-likeness (QED) is 0.861. The summed E-state index contributed by atoms with van der Waals surface area (Å²) in [4.78, 5) is 2.47. The van der Waals surface area contributed by atoms with Gasteiger partial charge in [0.15, 0.2) is 0 Å². The van der Waals surface area contributed by atoms with Crippen LogP contribution in [0.1, 0.15) is 19.4 Å². The molecule has 112 valence electrons. The topological polar surface area (TPSA) is 24.5 Å². The Morgan fingerprint density at radius 1 is 1.40 bits per heavy atom. The van der Waals surface area contributed by atoms with E-state index in [1.165, 1.54) is 10.0 Å². The Bertz CT molecular complexity index is 413. The van der Waals surface area contributed by atoms with E-state index in [2.05, 4.69) is 64.3 Å². The first-order valence-electron chi connectivity index (χ1n) is 7.55. The van der Waals surface area contributed by atoms with Crippen LogP contribution in [0.15, 0.2) is 28.7 Å². The summed E-state index contributed by atoms with van der Waals surface area (Å²) >= 11 is 3.65. The van der Waals surface area contributed by atoms with Crippen molar-refractivity contribution in [1.29, 1.82) is 0 Å². The fraction of sp³-hybridized carbons (Fsp3) is 0.625. The van der Waals surface area contributed by atoms with Gasteiger partial charge in [-0.2, -0.15) is 0 Å². The molecule has 3 nitrogen and oxygen atoms in total. The summed E-state index contributed by atoms with van der Waals surface area (Å²) in [7, 11) is 0. The molecule has 1 aliphatic rings. The SMILES string of the molecule is CCNC(Cc1ccccc1Br)C1CN(CC)CCO1. The number of nitrogens with zero attached hydrogens (tertiary/aromatic N) is 1. The van der Waals surface area contributed by atoms with E-state index < -0.39 is 0 Å². The number of nitrogens with one attached hydrogen (secondary N) is 1. The Kier molecular flexibility index (Phi) is 6.49. The molecular weight excluding hydrogens is 316 g/mol. The van der Waals surface area contributed by atoms with Gasteiger partial charge in [-0.25, -0.2) is 0 Å². The van der Waals surface area contributed by atoms with Crippen LogP contribution in [0.3, 0.4) is 0 Å². The van der Waals surface area contributed by atoms with Gasteiger partial charge in [-0.15, -0.1) is 0 Å². The summed E-state index contributed by atoms with van der Waals surface area (Å²) in [5.74, 6) is 0. The number of halogens is 1. The van der Waals surface area contributed by atoms with E-state index in [0.717, 1.165) is 39.2 Å². The van der Waals surface area contributed by atoms with Gasteiger partial charge in [0.2, 0.25) is 0 Å². The molecule has 0 amide bonds. The molecule has 1 heterocycles. The number of hydrogen-bond acceptors (Lipinski definition) is 3. The third-order valence-corrected chi connectivity index (χ3v) is 4.71. The molecule has 1 aromatic rings. The minimum absolute atomic E-state index is 0.274. The Morgan fingerprint density at radius 3 is 2.90 bits per heavy atom. The first kappa shape index (κ1) is 16.0. The van der Waals surface area contributed by atoms with Crippen LogP contribution in [0.5, 0.6) is 0 Å². The minimum atomic E-state index is 0.274. The number of hydrogen-bond donors (Lipinski definition) is 1. The highest BCUT2D eigenvalue weighted by molar-refractivity contribution is 9.10. The Morgan fingerprint density at radius 2 is 2.20 bits per heavy atom. The number of likely N-dealkylation sites (N-methyl/N-ethyl adjacent to an activating group) is 2. The summed E-state index contributed by atoms with van der Waals surface area (Å²) in [6.07, 6.45) is 1.27. The zero-order valence-electron chi connectivity index (χ0n) is 12.4. The van der Waals surface area contributed by atoms with Crippen LogP contribution in [-0.4, -0.2) is 49.8 Å². The lowest BCUT2D eigenvalue weighted by Gasteiger charge is -2.37. The third kappa shape index (κ3) is 4.29. The standard InChI is InChI=1S/C16H25BrN2O/c1-3-18-15(11-13-7-5-6-8-14(13)17)16-12-19(4-2)9-10-20-16/h5-8,15-16,18H,3-4,9-12H2,1-2H3.